The molecule has 1 saturated carbocycles. The van der Waals surface area contributed by atoms with E-state index in [0.717, 1.165) is 62.8 Å². The molecule has 1 N–H and O–H groups in total. The van der Waals surface area contributed by atoms with Crippen molar-refractivity contribution in [2.75, 3.05) is 14.2 Å². The molecule has 4 unspecified atom stereocenters. The molecule has 0 amide bonds. The molecule has 8 bridgehead atoms. The number of carbonyl (C=O) groups excluding carboxylic acids is 2. The fourth-order valence-corrected chi connectivity index (χ4v) is 7.21. The number of hydrogen-bond donors (Lipinski definition) is 1. The van der Waals surface area contributed by atoms with Gasteiger partial charge in [0.1, 0.15) is 5.92 Å². The summed E-state index contributed by atoms with van der Waals surface area (Å²) < 4.78 is 10.2. The fraction of sp³-hybridized carbons (Fsp3) is 0.389. The van der Waals surface area contributed by atoms with Crippen molar-refractivity contribution < 1.29 is 24.2 Å². The van der Waals surface area contributed by atoms with Crippen LogP contribution in [0.4, 0.5) is 0 Å². The first-order valence-electron chi connectivity index (χ1n) is 15.4. The molecule has 1 fully saturated rings. The molecular weight excluding hydrogens is 568 g/mol. The predicted molar refractivity (Wildman–Crippen MR) is 175 cm³/mol. The highest BCUT2D eigenvalue weighted by Crippen LogP contribution is 2.49. The van der Waals surface area contributed by atoms with Crippen LogP contribution in [0.5, 0.6) is 0 Å². The van der Waals surface area contributed by atoms with Gasteiger partial charge in [-0.15, -0.1) is 0 Å². The molecule has 0 spiro atoms. The minimum absolute atomic E-state index is 0.127. The number of ether oxygens (including phenoxy) is 2. The Balaban J connectivity index is 1.67. The maximum absolute atomic E-state index is 13.3. The highest BCUT2D eigenvalue weighted by Gasteiger charge is 2.51. The Kier molecular flexibility index (Phi) is 7.77. The van der Waals surface area contributed by atoms with Gasteiger partial charge < -0.3 is 14.6 Å². The van der Waals surface area contributed by atoms with Crippen molar-refractivity contribution in [1.82, 2.24) is 0 Å². The van der Waals surface area contributed by atoms with Crippen molar-refractivity contribution in [3.05, 3.63) is 92.7 Å². The number of fused-ring (bicyclic) bond motifs is 4. The first kappa shape index (κ1) is 30.5. The highest BCUT2D eigenvalue weighted by molar-refractivity contribution is 6.24. The Morgan fingerprint density at radius 2 is 1.58 bits per heavy atom. The predicted octanol–water partition coefficient (Wildman–Crippen LogP) is 5.64. The number of methoxy groups -OCH3 is 2. The normalized spacial score (nSPS) is 26.9. The smallest absolute Gasteiger partial charge is 0.316 e. The molecule has 0 saturated heterocycles. The van der Waals surface area contributed by atoms with Crippen LogP contribution >= 0.6 is 0 Å². The highest BCUT2D eigenvalue weighted by atomic mass is 16.5. The standard InChI is InChI=1S/C36H38N4O5/c1-9-20-16(3)23-13-25-18(5)22(11-12-29(41)44-7)33(39-25)31-32(36(43)45-8)35(42)30-19(6)26(40-34(30)31)15-28-21(10-2)17(4)24(38-28)14-27(20)37-23/h9,13-15,18,22,32,35,42H,1,10-12H2,2-8H3. The molecule has 5 aliphatic heterocycles. The molecule has 1 aliphatic carbocycles. The first-order valence-corrected chi connectivity index (χ1v) is 15.4. The molecule has 5 heterocycles. The van der Waals surface area contributed by atoms with Crippen LogP contribution in [0.1, 0.15) is 53.9 Å². The molecule has 0 aromatic carbocycles. The molecular formula is C36H38N4O5. The number of esters is 2. The van der Waals surface area contributed by atoms with Crippen molar-refractivity contribution in [1.29, 1.82) is 0 Å². The van der Waals surface area contributed by atoms with Gasteiger partial charge in [0.25, 0.3) is 0 Å². The van der Waals surface area contributed by atoms with Crippen LogP contribution in [-0.4, -0.2) is 60.2 Å². The number of hydrogen-bond acceptors (Lipinski definition) is 9. The average Bonchev–Trinajstić information content (AvgIpc) is 3.76. The molecule has 0 aromatic heterocycles. The van der Waals surface area contributed by atoms with Crippen molar-refractivity contribution >= 4 is 34.8 Å². The van der Waals surface area contributed by atoms with Crippen LogP contribution in [0.3, 0.4) is 0 Å². The van der Waals surface area contributed by atoms with E-state index in [1.807, 2.05) is 38.2 Å². The lowest BCUT2D eigenvalue weighted by atomic mass is 9.83. The summed E-state index contributed by atoms with van der Waals surface area (Å²) in [6, 6.07) is 0. The van der Waals surface area contributed by atoms with Gasteiger partial charge in [0.2, 0.25) is 0 Å². The average molecular weight is 607 g/mol. The molecule has 232 valence electrons. The molecule has 9 nitrogen and oxygen atoms in total. The van der Waals surface area contributed by atoms with E-state index in [2.05, 4.69) is 27.4 Å². The number of nitrogens with zero attached hydrogens (tertiary/aromatic N) is 4. The zero-order valence-electron chi connectivity index (χ0n) is 26.8. The second kappa shape index (κ2) is 11.5. The van der Waals surface area contributed by atoms with Gasteiger partial charge >= 0.3 is 11.9 Å². The second-order valence-electron chi connectivity index (χ2n) is 12.1. The van der Waals surface area contributed by atoms with Gasteiger partial charge in [-0.3, -0.25) is 14.6 Å². The number of aliphatic hydroxyl groups is 1. The van der Waals surface area contributed by atoms with E-state index in [1.54, 1.807) is 0 Å². The summed E-state index contributed by atoms with van der Waals surface area (Å²) in [4.78, 5) is 45.9. The van der Waals surface area contributed by atoms with Gasteiger partial charge in [-0.05, 0) is 74.1 Å². The van der Waals surface area contributed by atoms with Gasteiger partial charge in [0.05, 0.1) is 60.2 Å². The fourth-order valence-electron chi connectivity index (χ4n) is 7.21. The maximum atomic E-state index is 13.3. The van der Waals surface area contributed by atoms with Gasteiger partial charge in [0, 0.05) is 40.7 Å². The van der Waals surface area contributed by atoms with Gasteiger partial charge in [0.15, 0.2) is 0 Å². The monoisotopic (exact) mass is 606 g/mol. The Bertz CT molecular complexity index is 1820. The van der Waals surface area contributed by atoms with Crippen molar-refractivity contribution in [3.8, 4) is 0 Å². The number of rotatable bonds is 6. The SMILES string of the molecule is C=CC1=C(C)C2=CC3=NC(=C4C5=NC(=CC6=NC(=CC1=N2)C(C)=C6CC)C(C)=C5C(O)C4C(=O)OC)C(CCC(=O)OC)C3C. The van der Waals surface area contributed by atoms with Crippen LogP contribution in [-0.2, 0) is 19.1 Å². The molecule has 45 heavy (non-hydrogen) atoms. The Labute approximate surface area is 263 Å². The molecule has 0 aromatic rings. The van der Waals surface area contributed by atoms with E-state index in [0.29, 0.717) is 34.7 Å². The van der Waals surface area contributed by atoms with Gasteiger partial charge in [-0.25, -0.2) is 15.0 Å². The maximum Gasteiger partial charge on any atom is 0.316 e. The van der Waals surface area contributed by atoms with Crippen molar-refractivity contribution in [2.45, 2.75) is 60.0 Å². The third-order valence-corrected chi connectivity index (χ3v) is 9.82. The second-order valence-corrected chi connectivity index (χ2v) is 12.1. The van der Waals surface area contributed by atoms with Crippen LogP contribution < -0.4 is 0 Å². The molecule has 0 radical (unpaired) electrons. The number of allylic oxidation sites excluding steroid dienone is 10. The lowest BCUT2D eigenvalue weighted by molar-refractivity contribution is -0.146. The van der Waals surface area contributed by atoms with E-state index in [1.165, 1.54) is 14.2 Å². The van der Waals surface area contributed by atoms with E-state index in [4.69, 9.17) is 29.4 Å². The summed E-state index contributed by atoms with van der Waals surface area (Å²) in [6.45, 7) is 14.2. The quantitative estimate of drug-likeness (QED) is 0.392. The van der Waals surface area contributed by atoms with Crippen LogP contribution in [0.2, 0.25) is 0 Å². The summed E-state index contributed by atoms with van der Waals surface area (Å²) in [6.07, 6.45) is 7.99. The molecule has 6 rings (SSSR count). The number of carbonyl (C=O) groups is 2. The summed E-state index contributed by atoms with van der Waals surface area (Å²) in [7, 11) is 2.69. The molecule has 4 atom stereocenters. The zero-order valence-corrected chi connectivity index (χ0v) is 26.8. The van der Waals surface area contributed by atoms with E-state index in [9.17, 15) is 14.7 Å². The Morgan fingerprint density at radius 3 is 2.24 bits per heavy atom. The van der Waals surface area contributed by atoms with Crippen LogP contribution in [0.25, 0.3) is 0 Å². The minimum atomic E-state index is -1.16. The van der Waals surface area contributed by atoms with E-state index < -0.39 is 18.0 Å². The van der Waals surface area contributed by atoms with Gasteiger partial charge in [-0.1, -0.05) is 26.5 Å². The Hall–Kier alpha value is -4.50. The summed E-state index contributed by atoms with van der Waals surface area (Å²) in [5.74, 6) is -2.27. The van der Waals surface area contributed by atoms with E-state index in [-0.39, 0.29) is 24.2 Å². The van der Waals surface area contributed by atoms with Crippen LogP contribution in [0, 0.1) is 17.8 Å². The zero-order chi connectivity index (χ0) is 32.3. The summed E-state index contributed by atoms with van der Waals surface area (Å²) in [5.41, 5.74) is 11.8. The third-order valence-electron chi connectivity index (χ3n) is 9.82. The minimum Gasteiger partial charge on any atom is -0.469 e. The van der Waals surface area contributed by atoms with E-state index >= 15 is 0 Å². The first-order chi connectivity index (χ1) is 21.5. The van der Waals surface area contributed by atoms with Crippen LogP contribution in [0.15, 0.2) is 113 Å². The Morgan fingerprint density at radius 1 is 0.911 bits per heavy atom. The van der Waals surface area contributed by atoms with Crippen molar-refractivity contribution in [3.63, 3.8) is 0 Å². The molecule has 9 heteroatoms. The summed E-state index contributed by atoms with van der Waals surface area (Å²) >= 11 is 0. The van der Waals surface area contributed by atoms with Gasteiger partial charge in [-0.2, -0.15) is 0 Å². The number of aliphatic imine (C=N–C) groups is 4. The van der Waals surface area contributed by atoms with Crippen molar-refractivity contribution in [2.24, 2.45) is 37.7 Å². The summed E-state index contributed by atoms with van der Waals surface area (Å²) in [5, 5.41) is 11.7. The third kappa shape index (κ3) is 4.72. The number of aliphatic hydroxyl groups excluding tert-OH is 1. The lowest BCUT2D eigenvalue weighted by Crippen LogP contribution is -2.28. The lowest BCUT2D eigenvalue weighted by Gasteiger charge is -2.21. The molecule has 6 aliphatic rings. The topological polar surface area (TPSA) is 122 Å². The largest absolute Gasteiger partial charge is 0.469 e.